The zero-order valence-corrected chi connectivity index (χ0v) is 15.9. The molecular weight excluding hydrogens is 328 g/mol. The molecule has 1 fully saturated rings. The first kappa shape index (κ1) is 17.1. The first-order chi connectivity index (χ1) is 12.2. The van der Waals surface area contributed by atoms with Crippen LogP contribution in [0, 0.1) is 12.8 Å². The number of aromatic nitrogens is 1. The second kappa shape index (κ2) is 5.86. The summed E-state index contributed by atoms with van der Waals surface area (Å²) in [6, 6.07) is 7.37. The van der Waals surface area contributed by atoms with Gasteiger partial charge in [-0.1, -0.05) is 26.8 Å². The van der Waals surface area contributed by atoms with Gasteiger partial charge in [-0.25, -0.2) is 0 Å². The van der Waals surface area contributed by atoms with Gasteiger partial charge in [0.05, 0.1) is 5.56 Å². The van der Waals surface area contributed by atoms with Gasteiger partial charge in [0.2, 0.25) is 0 Å². The lowest BCUT2D eigenvalue weighted by Crippen LogP contribution is -2.49. The number of hydrogen-bond acceptors (Lipinski definition) is 3. The topological polar surface area (TPSA) is 55.5 Å². The van der Waals surface area contributed by atoms with Crippen molar-refractivity contribution in [3.05, 3.63) is 57.4 Å². The van der Waals surface area contributed by atoms with E-state index in [1.165, 1.54) is 0 Å². The van der Waals surface area contributed by atoms with Crippen LogP contribution in [0.3, 0.4) is 0 Å². The Morgan fingerprint density at radius 2 is 1.96 bits per heavy atom. The molecule has 2 aliphatic heterocycles. The van der Waals surface area contributed by atoms with Crippen LogP contribution in [-0.4, -0.2) is 28.5 Å². The molecule has 1 amide bonds. The lowest BCUT2D eigenvalue weighted by Gasteiger charge is -2.42. The molecule has 0 saturated carbocycles. The number of piperidine rings is 1. The maximum Gasteiger partial charge on any atom is 0.257 e. The number of nitrogens with zero attached hydrogens (tertiary/aromatic N) is 2. The van der Waals surface area contributed by atoms with Crippen LogP contribution in [0.25, 0.3) is 0 Å². The average Bonchev–Trinajstić information content (AvgIpc) is 2.97. The second-order valence-electron chi connectivity index (χ2n) is 8.74. The predicted molar refractivity (Wildman–Crippen MR) is 99.6 cm³/mol. The van der Waals surface area contributed by atoms with Gasteiger partial charge in [0.1, 0.15) is 11.5 Å². The molecule has 0 aliphatic carbocycles. The predicted octanol–water partition coefficient (Wildman–Crippen LogP) is 3.31. The fourth-order valence-electron chi connectivity index (χ4n) is 4.30. The van der Waals surface area contributed by atoms with Crippen LogP contribution in [0.15, 0.2) is 33.5 Å². The Bertz CT molecular complexity index is 916. The molecule has 138 valence electrons. The van der Waals surface area contributed by atoms with E-state index in [2.05, 4.69) is 20.8 Å². The number of amides is 1. The van der Waals surface area contributed by atoms with Crippen molar-refractivity contribution in [3.63, 3.8) is 0 Å². The van der Waals surface area contributed by atoms with E-state index in [-0.39, 0.29) is 22.8 Å². The SMILES string of the molecule is Cc1oc(C(C)(C)C)cc1C(=O)N1C[C@H]2C[C@H](C1)c1cccc(=O)n1C2. The number of furan rings is 1. The molecule has 26 heavy (non-hydrogen) atoms. The smallest absolute Gasteiger partial charge is 0.257 e. The molecule has 0 spiro atoms. The van der Waals surface area contributed by atoms with Gasteiger partial charge in [-0.05, 0) is 31.4 Å². The fraction of sp³-hybridized carbons (Fsp3) is 0.524. The van der Waals surface area contributed by atoms with Crippen LogP contribution in [0.2, 0.25) is 0 Å². The van der Waals surface area contributed by atoms with Crippen molar-refractivity contribution in [2.45, 2.75) is 52.0 Å². The molecule has 5 heteroatoms. The first-order valence-electron chi connectivity index (χ1n) is 9.34. The molecular formula is C21H26N2O3. The minimum atomic E-state index is -0.123. The largest absolute Gasteiger partial charge is 0.465 e. The third kappa shape index (κ3) is 2.79. The Kier molecular flexibility index (Phi) is 3.86. The summed E-state index contributed by atoms with van der Waals surface area (Å²) in [7, 11) is 0. The van der Waals surface area contributed by atoms with Gasteiger partial charge in [-0.3, -0.25) is 9.59 Å². The number of aryl methyl sites for hydroxylation is 1. The lowest BCUT2D eigenvalue weighted by atomic mass is 9.83. The van der Waals surface area contributed by atoms with E-state index in [1.807, 2.05) is 34.6 Å². The van der Waals surface area contributed by atoms with E-state index >= 15 is 0 Å². The van der Waals surface area contributed by atoms with Crippen LogP contribution >= 0.6 is 0 Å². The van der Waals surface area contributed by atoms with Crippen LogP contribution in [0.5, 0.6) is 0 Å². The van der Waals surface area contributed by atoms with Gasteiger partial charge in [0, 0.05) is 42.7 Å². The Balaban J connectivity index is 1.62. The summed E-state index contributed by atoms with van der Waals surface area (Å²) in [4.78, 5) is 27.3. The molecule has 2 aromatic heterocycles. The Morgan fingerprint density at radius 3 is 2.65 bits per heavy atom. The van der Waals surface area contributed by atoms with Gasteiger partial charge >= 0.3 is 0 Å². The minimum Gasteiger partial charge on any atom is -0.465 e. The number of rotatable bonds is 1. The summed E-state index contributed by atoms with van der Waals surface area (Å²) in [6.07, 6.45) is 1.05. The molecule has 0 unspecified atom stereocenters. The number of carbonyl (C=O) groups excluding carboxylic acids is 1. The van der Waals surface area contributed by atoms with E-state index in [9.17, 15) is 9.59 Å². The molecule has 1 saturated heterocycles. The molecule has 5 nitrogen and oxygen atoms in total. The van der Waals surface area contributed by atoms with E-state index in [0.29, 0.717) is 36.9 Å². The number of likely N-dealkylation sites (tertiary alicyclic amines) is 1. The second-order valence-corrected chi connectivity index (χ2v) is 8.74. The number of hydrogen-bond donors (Lipinski definition) is 0. The fourth-order valence-corrected chi connectivity index (χ4v) is 4.30. The van der Waals surface area contributed by atoms with Crippen LogP contribution in [0.4, 0.5) is 0 Å². The van der Waals surface area contributed by atoms with E-state index < -0.39 is 0 Å². The lowest BCUT2D eigenvalue weighted by molar-refractivity contribution is 0.0593. The molecule has 2 aliphatic rings. The average molecular weight is 354 g/mol. The minimum absolute atomic E-state index is 0.0446. The highest BCUT2D eigenvalue weighted by Crippen LogP contribution is 2.36. The van der Waals surface area contributed by atoms with E-state index in [0.717, 1.165) is 17.9 Å². The standard InChI is InChI=1S/C21H26N2O3/c1-13-16(9-18(26-13)21(2,3)4)20(25)22-10-14-8-15(12-22)17-6-5-7-19(24)23(17)11-14/h5-7,9,14-15H,8,10-12H2,1-4H3/t14-,15-/m1/s1. The Hall–Kier alpha value is -2.30. The van der Waals surface area contributed by atoms with Crippen LogP contribution in [-0.2, 0) is 12.0 Å². The molecule has 4 heterocycles. The van der Waals surface area contributed by atoms with Crippen LogP contribution < -0.4 is 5.56 Å². The summed E-state index contributed by atoms with van der Waals surface area (Å²) in [5.74, 6) is 2.14. The van der Waals surface area contributed by atoms with Gasteiger partial charge < -0.3 is 13.9 Å². The zero-order valence-electron chi connectivity index (χ0n) is 15.9. The summed E-state index contributed by atoms with van der Waals surface area (Å²) in [6.45, 7) is 10.2. The zero-order chi connectivity index (χ0) is 18.6. The quantitative estimate of drug-likeness (QED) is 0.789. The third-order valence-electron chi connectivity index (χ3n) is 5.65. The first-order valence-corrected chi connectivity index (χ1v) is 9.34. The molecule has 2 bridgehead atoms. The summed E-state index contributed by atoms with van der Waals surface area (Å²) < 4.78 is 7.75. The van der Waals surface area contributed by atoms with Crippen molar-refractivity contribution in [3.8, 4) is 0 Å². The van der Waals surface area contributed by atoms with Gasteiger partial charge in [-0.15, -0.1) is 0 Å². The number of fused-ring (bicyclic) bond motifs is 4. The maximum atomic E-state index is 13.2. The van der Waals surface area contributed by atoms with E-state index in [1.54, 1.807) is 6.07 Å². The van der Waals surface area contributed by atoms with E-state index in [4.69, 9.17) is 4.42 Å². The van der Waals surface area contributed by atoms with Gasteiger partial charge in [-0.2, -0.15) is 0 Å². The van der Waals surface area contributed by atoms with Crippen molar-refractivity contribution in [2.24, 2.45) is 5.92 Å². The highest BCUT2D eigenvalue weighted by molar-refractivity contribution is 5.95. The Morgan fingerprint density at radius 1 is 1.19 bits per heavy atom. The Labute approximate surface area is 153 Å². The van der Waals surface area contributed by atoms with Crippen molar-refractivity contribution in [2.75, 3.05) is 13.1 Å². The summed E-state index contributed by atoms with van der Waals surface area (Å²) >= 11 is 0. The summed E-state index contributed by atoms with van der Waals surface area (Å²) in [5, 5.41) is 0. The van der Waals surface area contributed by atoms with Gasteiger partial charge in [0.25, 0.3) is 11.5 Å². The highest BCUT2D eigenvalue weighted by atomic mass is 16.3. The van der Waals surface area contributed by atoms with Crippen molar-refractivity contribution in [1.29, 1.82) is 0 Å². The normalized spacial score (nSPS) is 22.2. The molecule has 0 aromatic carbocycles. The monoisotopic (exact) mass is 354 g/mol. The van der Waals surface area contributed by atoms with Crippen molar-refractivity contribution < 1.29 is 9.21 Å². The molecule has 2 atom stereocenters. The molecule has 0 N–H and O–H groups in total. The number of pyridine rings is 1. The molecule has 0 radical (unpaired) electrons. The third-order valence-corrected chi connectivity index (χ3v) is 5.65. The maximum absolute atomic E-state index is 13.2. The number of carbonyl (C=O) groups is 1. The van der Waals surface area contributed by atoms with Crippen molar-refractivity contribution in [1.82, 2.24) is 9.47 Å². The molecule has 2 aromatic rings. The van der Waals surface area contributed by atoms with Gasteiger partial charge in [0.15, 0.2) is 0 Å². The highest BCUT2D eigenvalue weighted by Gasteiger charge is 2.37. The summed E-state index contributed by atoms with van der Waals surface area (Å²) in [5.41, 5.74) is 1.67. The van der Waals surface area contributed by atoms with Crippen LogP contribution in [0.1, 0.15) is 60.7 Å². The molecule has 4 rings (SSSR count). The van der Waals surface area contributed by atoms with Crippen molar-refractivity contribution >= 4 is 5.91 Å².